The summed E-state index contributed by atoms with van der Waals surface area (Å²) in [7, 11) is 0. The highest BCUT2D eigenvalue weighted by Gasteiger charge is 2.35. The van der Waals surface area contributed by atoms with E-state index in [4.69, 9.17) is 0 Å². The van der Waals surface area contributed by atoms with E-state index in [1.54, 1.807) is 11.3 Å². The van der Waals surface area contributed by atoms with Crippen LogP contribution in [0.25, 0.3) is 0 Å². The second kappa shape index (κ2) is 3.74. The summed E-state index contributed by atoms with van der Waals surface area (Å²) in [6, 6.07) is 1.87. The second-order valence-corrected chi connectivity index (χ2v) is 4.67. The van der Waals surface area contributed by atoms with Gasteiger partial charge in [0.05, 0.1) is 5.60 Å². The van der Waals surface area contributed by atoms with Gasteiger partial charge in [-0.2, -0.15) is 11.3 Å². The molecule has 1 aromatic heterocycles. The Morgan fingerprint density at radius 3 is 2.36 bits per heavy atom. The van der Waals surface area contributed by atoms with E-state index in [2.05, 4.69) is 11.8 Å². The Bertz CT molecular complexity index is 347. The summed E-state index contributed by atoms with van der Waals surface area (Å²) in [4.78, 5) is 0. The molecule has 3 heteroatoms. The van der Waals surface area contributed by atoms with Gasteiger partial charge in [0.1, 0.15) is 0 Å². The first-order valence-electron chi connectivity index (χ1n) is 4.33. The average molecular weight is 210 g/mol. The minimum Gasteiger partial charge on any atom is -0.386 e. The number of thiophene rings is 1. The van der Waals surface area contributed by atoms with Crippen LogP contribution in [0.5, 0.6) is 0 Å². The maximum atomic E-state index is 9.83. The fourth-order valence-electron chi connectivity index (χ4n) is 0.682. The third-order valence-electron chi connectivity index (χ3n) is 2.16. The molecule has 0 aliphatic heterocycles. The Morgan fingerprint density at radius 2 is 1.93 bits per heavy atom. The third kappa shape index (κ3) is 2.58. The molecule has 2 nitrogen and oxygen atoms in total. The molecule has 1 heterocycles. The molecule has 0 fully saturated rings. The maximum absolute atomic E-state index is 9.83. The molecular weight excluding hydrogens is 196 g/mol. The quantitative estimate of drug-likeness (QED) is 0.691. The first-order chi connectivity index (χ1) is 6.33. The molecule has 0 bridgehead atoms. The summed E-state index contributed by atoms with van der Waals surface area (Å²) in [6.45, 7) is 4.58. The van der Waals surface area contributed by atoms with Gasteiger partial charge in [0.25, 0.3) is 0 Å². The van der Waals surface area contributed by atoms with Crippen LogP contribution in [-0.4, -0.2) is 21.4 Å². The van der Waals surface area contributed by atoms with Gasteiger partial charge < -0.3 is 10.2 Å². The van der Waals surface area contributed by atoms with Gasteiger partial charge in [-0.25, -0.2) is 0 Å². The van der Waals surface area contributed by atoms with Crippen molar-refractivity contribution in [1.82, 2.24) is 0 Å². The zero-order chi connectivity index (χ0) is 10.8. The third-order valence-corrected chi connectivity index (χ3v) is 2.85. The molecule has 1 unspecified atom stereocenters. The van der Waals surface area contributed by atoms with Gasteiger partial charge in [-0.05, 0) is 32.2 Å². The van der Waals surface area contributed by atoms with Crippen LogP contribution in [0.4, 0.5) is 0 Å². The predicted octanol–water partition coefficient (Wildman–Crippen LogP) is 1.62. The van der Waals surface area contributed by atoms with Crippen LogP contribution in [-0.2, 0) is 0 Å². The van der Waals surface area contributed by atoms with Crippen LogP contribution >= 0.6 is 11.3 Å². The van der Waals surface area contributed by atoms with Crippen LogP contribution < -0.4 is 0 Å². The number of rotatable bonds is 1. The molecule has 0 aromatic carbocycles. The Morgan fingerprint density at radius 1 is 1.29 bits per heavy atom. The van der Waals surface area contributed by atoms with Crippen molar-refractivity contribution in [2.75, 3.05) is 0 Å². The fourth-order valence-corrected chi connectivity index (χ4v) is 1.27. The summed E-state index contributed by atoms with van der Waals surface area (Å²) < 4.78 is 0. The predicted molar refractivity (Wildman–Crippen MR) is 58.1 cm³/mol. The normalized spacial score (nSPS) is 15.5. The van der Waals surface area contributed by atoms with E-state index in [1.807, 2.05) is 16.8 Å². The molecule has 1 aromatic rings. The van der Waals surface area contributed by atoms with E-state index in [0.717, 1.165) is 5.56 Å². The lowest BCUT2D eigenvalue weighted by Gasteiger charge is -2.30. The fraction of sp³-hybridized carbons (Fsp3) is 0.455. The molecule has 1 rings (SSSR count). The van der Waals surface area contributed by atoms with Crippen LogP contribution in [0.1, 0.15) is 26.3 Å². The summed E-state index contributed by atoms with van der Waals surface area (Å²) in [6.07, 6.45) is 0. The van der Waals surface area contributed by atoms with Gasteiger partial charge in [0.15, 0.2) is 5.60 Å². The molecule has 76 valence electrons. The van der Waals surface area contributed by atoms with E-state index < -0.39 is 11.2 Å². The largest absolute Gasteiger partial charge is 0.386 e. The van der Waals surface area contributed by atoms with Crippen molar-refractivity contribution in [2.24, 2.45) is 0 Å². The van der Waals surface area contributed by atoms with Crippen molar-refractivity contribution in [3.8, 4) is 11.8 Å². The summed E-state index contributed by atoms with van der Waals surface area (Å²) in [5, 5.41) is 23.3. The van der Waals surface area contributed by atoms with Crippen LogP contribution in [0.2, 0.25) is 0 Å². The van der Waals surface area contributed by atoms with E-state index in [-0.39, 0.29) is 0 Å². The Balaban J connectivity index is 2.87. The van der Waals surface area contributed by atoms with Gasteiger partial charge in [0, 0.05) is 10.9 Å². The molecule has 0 spiro atoms. The molecule has 0 saturated heterocycles. The molecule has 1 atom stereocenters. The highest BCUT2D eigenvalue weighted by atomic mass is 32.1. The first kappa shape index (κ1) is 11.3. The van der Waals surface area contributed by atoms with Crippen LogP contribution in [0.3, 0.4) is 0 Å². The highest BCUT2D eigenvalue weighted by molar-refractivity contribution is 7.08. The first-order valence-corrected chi connectivity index (χ1v) is 5.27. The monoisotopic (exact) mass is 210 g/mol. The minimum absolute atomic E-state index is 0.861. The standard InChI is InChI=1S/C11H14O2S/c1-10(2,12)11(3,13)6-4-9-5-7-14-8-9/h5,7-8,12-13H,1-3H3. The van der Waals surface area contributed by atoms with Gasteiger partial charge in [0.2, 0.25) is 0 Å². The highest BCUT2D eigenvalue weighted by Crippen LogP contribution is 2.20. The van der Waals surface area contributed by atoms with Crippen molar-refractivity contribution in [2.45, 2.75) is 32.0 Å². The molecule has 0 radical (unpaired) electrons. The summed E-state index contributed by atoms with van der Waals surface area (Å²) >= 11 is 1.55. The van der Waals surface area contributed by atoms with E-state index >= 15 is 0 Å². The van der Waals surface area contributed by atoms with Crippen molar-refractivity contribution in [3.05, 3.63) is 22.4 Å². The topological polar surface area (TPSA) is 40.5 Å². The molecule has 2 N–H and O–H groups in total. The molecule has 0 aliphatic carbocycles. The summed E-state index contributed by atoms with van der Waals surface area (Å²) in [5.74, 6) is 5.49. The Labute approximate surface area is 88.2 Å². The summed E-state index contributed by atoms with van der Waals surface area (Å²) in [5.41, 5.74) is -1.76. The van der Waals surface area contributed by atoms with E-state index in [0.29, 0.717) is 0 Å². The van der Waals surface area contributed by atoms with Gasteiger partial charge in [-0.1, -0.05) is 11.8 Å². The lowest BCUT2D eigenvalue weighted by atomic mass is 9.88. The Hall–Kier alpha value is -0.820. The molecule has 0 amide bonds. The number of hydrogen-bond donors (Lipinski definition) is 2. The zero-order valence-corrected chi connectivity index (χ0v) is 9.35. The number of hydrogen-bond acceptors (Lipinski definition) is 3. The molecule has 14 heavy (non-hydrogen) atoms. The van der Waals surface area contributed by atoms with Crippen LogP contribution in [0.15, 0.2) is 16.8 Å². The van der Waals surface area contributed by atoms with Gasteiger partial charge >= 0.3 is 0 Å². The van der Waals surface area contributed by atoms with Crippen LogP contribution in [0, 0.1) is 11.8 Å². The smallest absolute Gasteiger partial charge is 0.150 e. The zero-order valence-electron chi connectivity index (χ0n) is 8.53. The average Bonchev–Trinajstić information content (AvgIpc) is 2.50. The molecule has 0 aliphatic rings. The van der Waals surface area contributed by atoms with Crippen molar-refractivity contribution in [3.63, 3.8) is 0 Å². The maximum Gasteiger partial charge on any atom is 0.150 e. The molecular formula is C11H14O2S. The van der Waals surface area contributed by atoms with E-state index in [1.165, 1.54) is 20.8 Å². The number of aliphatic hydroxyl groups is 2. The van der Waals surface area contributed by atoms with Gasteiger partial charge in [-0.3, -0.25) is 0 Å². The SMILES string of the molecule is CC(C)(O)C(C)(O)C#Cc1ccsc1. The van der Waals surface area contributed by atoms with Crippen molar-refractivity contribution in [1.29, 1.82) is 0 Å². The van der Waals surface area contributed by atoms with Crippen molar-refractivity contribution >= 4 is 11.3 Å². The van der Waals surface area contributed by atoms with Crippen molar-refractivity contribution < 1.29 is 10.2 Å². The minimum atomic E-state index is -1.39. The van der Waals surface area contributed by atoms with E-state index in [9.17, 15) is 10.2 Å². The van der Waals surface area contributed by atoms with Gasteiger partial charge in [-0.15, -0.1) is 0 Å². The second-order valence-electron chi connectivity index (χ2n) is 3.89. The molecule has 0 saturated carbocycles. The lowest BCUT2D eigenvalue weighted by Crippen LogP contribution is -2.46. The lowest BCUT2D eigenvalue weighted by molar-refractivity contribution is -0.0820. The Kier molecular flexibility index (Phi) is 3.01.